The molecule has 4 aliphatic rings. The van der Waals surface area contributed by atoms with E-state index in [1.807, 2.05) is 31.2 Å². The second-order valence-electron chi connectivity index (χ2n) is 9.48. The fourth-order valence-corrected chi connectivity index (χ4v) is 6.84. The third-order valence-corrected chi connectivity index (χ3v) is 8.11. The minimum Gasteiger partial charge on any atom is -0.310 e. The van der Waals surface area contributed by atoms with Gasteiger partial charge in [-0.1, -0.05) is 24.3 Å². The molecule has 0 N–H and O–H groups in total. The number of carbonyl (C=O) groups is 3. The molecule has 2 aromatic rings. The lowest BCUT2D eigenvalue weighted by Gasteiger charge is -2.37. The lowest BCUT2D eigenvalue weighted by molar-refractivity contribution is -0.385. The first-order valence-corrected chi connectivity index (χ1v) is 11.6. The van der Waals surface area contributed by atoms with Crippen molar-refractivity contribution >= 4 is 34.8 Å². The Balaban J connectivity index is 1.54. The summed E-state index contributed by atoms with van der Waals surface area (Å²) >= 11 is 0. The van der Waals surface area contributed by atoms with E-state index in [-0.39, 0.29) is 29.2 Å². The summed E-state index contributed by atoms with van der Waals surface area (Å²) in [5, 5.41) is 11.5. The van der Waals surface area contributed by atoms with E-state index in [1.165, 1.54) is 6.07 Å². The average Bonchev–Trinajstić information content (AvgIpc) is 3.52. The summed E-state index contributed by atoms with van der Waals surface area (Å²) in [7, 11) is 0. The van der Waals surface area contributed by atoms with Crippen molar-refractivity contribution in [3.05, 3.63) is 63.7 Å². The van der Waals surface area contributed by atoms with Crippen molar-refractivity contribution in [1.29, 1.82) is 0 Å². The van der Waals surface area contributed by atoms with E-state index in [4.69, 9.17) is 0 Å². The molecule has 3 fully saturated rings. The molecule has 2 aromatic carbocycles. The number of imide groups is 1. The number of fused-ring (bicyclic) bond motifs is 7. The molecule has 0 unspecified atom stereocenters. The van der Waals surface area contributed by atoms with Gasteiger partial charge in [-0.15, -0.1) is 0 Å². The molecule has 1 spiro atoms. The standard InChI is InChI=1S/C25H24N4O5/c1-3-26-17-8-5-4-7-16(17)25(24(26)32)21-20(18-9-6-12-27(18)25)22(30)28(23(21)31)15-11-10-14(2)19(13-15)29(33)34/h4-5,7-8,10-11,13,18,20-21H,3,6,9,12H2,1-2H3/t18-,20-,21-,25+/m1/s1. The Morgan fingerprint density at radius 2 is 1.88 bits per heavy atom. The maximum absolute atomic E-state index is 14.1. The predicted octanol–water partition coefficient (Wildman–Crippen LogP) is 2.75. The van der Waals surface area contributed by atoms with Crippen LogP contribution in [0.5, 0.6) is 0 Å². The summed E-state index contributed by atoms with van der Waals surface area (Å²) in [5.74, 6) is -2.51. The quantitative estimate of drug-likeness (QED) is 0.396. The molecule has 9 nitrogen and oxygen atoms in total. The monoisotopic (exact) mass is 460 g/mol. The zero-order valence-corrected chi connectivity index (χ0v) is 18.9. The molecule has 0 aromatic heterocycles. The molecule has 4 heterocycles. The maximum atomic E-state index is 14.1. The highest BCUT2D eigenvalue weighted by Crippen LogP contribution is 2.61. The molecule has 3 saturated heterocycles. The van der Waals surface area contributed by atoms with E-state index in [1.54, 1.807) is 24.0 Å². The highest BCUT2D eigenvalue weighted by molar-refractivity contribution is 6.26. The van der Waals surface area contributed by atoms with E-state index in [0.717, 1.165) is 29.0 Å². The van der Waals surface area contributed by atoms with Crippen molar-refractivity contribution in [2.75, 3.05) is 22.9 Å². The third kappa shape index (κ3) is 2.30. The number of aryl methyl sites for hydroxylation is 1. The maximum Gasteiger partial charge on any atom is 0.274 e. The Labute approximate surface area is 196 Å². The number of likely N-dealkylation sites (N-methyl/N-ethyl adjacent to an activating group) is 1. The molecule has 174 valence electrons. The Bertz CT molecular complexity index is 1290. The Kier molecular flexibility index (Phi) is 4.29. The SMILES string of the molecule is CCN1C(=O)[C@]2(c3ccccc31)[C@H]1C(=O)N(c3ccc(C)c([N+](=O)[O-])c3)C(=O)[C@@H]1[C@H]1CCCN12. The molecule has 0 saturated carbocycles. The van der Waals surface area contributed by atoms with Crippen LogP contribution in [-0.2, 0) is 19.9 Å². The first-order valence-electron chi connectivity index (χ1n) is 11.6. The number of nitro benzene ring substituents is 1. The minimum absolute atomic E-state index is 0.146. The molecule has 0 radical (unpaired) electrons. The van der Waals surface area contributed by atoms with Crippen LogP contribution in [-0.4, -0.2) is 46.7 Å². The number of para-hydroxylation sites is 1. The first-order chi connectivity index (χ1) is 16.3. The number of carbonyl (C=O) groups excluding carboxylic acids is 3. The normalized spacial score (nSPS) is 29.8. The van der Waals surface area contributed by atoms with Crippen LogP contribution in [0.2, 0.25) is 0 Å². The highest BCUT2D eigenvalue weighted by Gasteiger charge is 2.75. The lowest BCUT2D eigenvalue weighted by Crippen LogP contribution is -2.56. The Morgan fingerprint density at radius 3 is 2.62 bits per heavy atom. The minimum atomic E-state index is -1.23. The smallest absolute Gasteiger partial charge is 0.274 e. The topological polar surface area (TPSA) is 104 Å². The second-order valence-corrected chi connectivity index (χ2v) is 9.48. The fraction of sp³-hybridized carbons (Fsp3) is 0.400. The van der Waals surface area contributed by atoms with Crippen LogP contribution in [0.25, 0.3) is 0 Å². The van der Waals surface area contributed by atoms with Gasteiger partial charge in [0.25, 0.3) is 11.6 Å². The van der Waals surface area contributed by atoms with E-state index >= 15 is 0 Å². The third-order valence-electron chi connectivity index (χ3n) is 8.11. The van der Waals surface area contributed by atoms with Gasteiger partial charge in [0, 0.05) is 35.5 Å². The summed E-state index contributed by atoms with van der Waals surface area (Å²) in [4.78, 5) is 57.8. The van der Waals surface area contributed by atoms with Gasteiger partial charge < -0.3 is 4.90 Å². The van der Waals surface area contributed by atoms with Gasteiger partial charge in [-0.25, -0.2) is 4.90 Å². The summed E-state index contributed by atoms with van der Waals surface area (Å²) in [6.07, 6.45) is 1.57. The molecular formula is C25H24N4O5. The van der Waals surface area contributed by atoms with E-state index < -0.39 is 28.2 Å². The fourth-order valence-electron chi connectivity index (χ4n) is 6.84. The molecule has 9 heteroatoms. The van der Waals surface area contributed by atoms with Gasteiger partial charge in [0.1, 0.15) is 5.54 Å². The van der Waals surface area contributed by atoms with Crippen LogP contribution in [0.4, 0.5) is 17.1 Å². The van der Waals surface area contributed by atoms with Gasteiger partial charge in [-0.3, -0.25) is 29.4 Å². The Hall–Kier alpha value is -3.59. The lowest BCUT2D eigenvalue weighted by atomic mass is 9.75. The molecule has 4 atom stereocenters. The molecule has 34 heavy (non-hydrogen) atoms. The summed E-state index contributed by atoms with van der Waals surface area (Å²) < 4.78 is 0. The van der Waals surface area contributed by atoms with Crippen LogP contribution < -0.4 is 9.80 Å². The number of nitrogens with zero attached hydrogens (tertiary/aromatic N) is 4. The predicted molar refractivity (Wildman–Crippen MR) is 123 cm³/mol. The number of rotatable bonds is 3. The van der Waals surface area contributed by atoms with Gasteiger partial charge in [-0.05, 0) is 45.4 Å². The van der Waals surface area contributed by atoms with Crippen LogP contribution in [0.15, 0.2) is 42.5 Å². The van der Waals surface area contributed by atoms with Crippen molar-refractivity contribution in [1.82, 2.24) is 4.90 Å². The summed E-state index contributed by atoms with van der Waals surface area (Å²) in [5.41, 5.74) is 0.825. The van der Waals surface area contributed by atoms with Crippen molar-refractivity contribution < 1.29 is 19.3 Å². The van der Waals surface area contributed by atoms with Gasteiger partial charge in [-0.2, -0.15) is 0 Å². The molecule has 4 aliphatic heterocycles. The van der Waals surface area contributed by atoms with Gasteiger partial charge in [0.2, 0.25) is 11.8 Å². The van der Waals surface area contributed by atoms with Crippen molar-refractivity contribution in [3.8, 4) is 0 Å². The Morgan fingerprint density at radius 1 is 1.12 bits per heavy atom. The molecular weight excluding hydrogens is 436 g/mol. The number of nitro groups is 1. The molecule has 6 rings (SSSR count). The van der Waals surface area contributed by atoms with Crippen LogP contribution in [0.3, 0.4) is 0 Å². The first kappa shape index (κ1) is 21.0. The highest BCUT2D eigenvalue weighted by atomic mass is 16.6. The molecule has 3 amide bonds. The molecule has 0 aliphatic carbocycles. The van der Waals surface area contributed by atoms with Gasteiger partial charge in [0.15, 0.2) is 0 Å². The van der Waals surface area contributed by atoms with Crippen LogP contribution in [0.1, 0.15) is 30.9 Å². The largest absolute Gasteiger partial charge is 0.310 e. The molecule has 0 bridgehead atoms. The number of hydrogen-bond donors (Lipinski definition) is 0. The van der Waals surface area contributed by atoms with Gasteiger partial charge in [0.05, 0.1) is 22.4 Å². The van der Waals surface area contributed by atoms with E-state index in [2.05, 4.69) is 4.90 Å². The van der Waals surface area contributed by atoms with E-state index in [9.17, 15) is 24.5 Å². The van der Waals surface area contributed by atoms with Crippen LogP contribution in [0, 0.1) is 28.9 Å². The number of hydrogen-bond acceptors (Lipinski definition) is 6. The van der Waals surface area contributed by atoms with E-state index in [0.29, 0.717) is 18.7 Å². The van der Waals surface area contributed by atoms with Crippen molar-refractivity contribution in [2.24, 2.45) is 11.8 Å². The van der Waals surface area contributed by atoms with Crippen molar-refractivity contribution in [3.63, 3.8) is 0 Å². The zero-order chi connectivity index (χ0) is 23.9. The van der Waals surface area contributed by atoms with Crippen LogP contribution >= 0.6 is 0 Å². The zero-order valence-electron chi connectivity index (χ0n) is 18.9. The number of amides is 3. The summed E-state index contributed by atoms with van der Waals surface area (Å²) in [6, 6.07) is 11.7. The second kappa shape index (κ2) is 6.96. The number of benzene rings is 2. The number of anilines is 2. The summed E-state index contributed by atoms with van der Waals surface area (Å²) in [6.45, 7) is 4.62. The average molecular weight is 460 g/mol. The van der Waals surface area contributed by atoms with Gasteiger partial charge >= 0.3 is 0 Å². The van der Waals surface area contributed by atoms with Crippen molar-refractivity contribution in [2.45, 2.75) is 38.3 Å².